The first-order valence-corrected chi connectivity index (χ1v) is 7.17. The number of nitrogens with zero attached hydrogens (tertiary/aromatic N) is 1. The van der Waals surface area contributed by atoms with Crippen LogP contribution in [0.5, 0.6) is 5.75 Å². The second-order valence-corrected chi connectivity index (χ2v) is 5.33. The SMILES string of the molecule is CN(Cc1ccccc1)C(=O)c1ccc2ccccc2c1O. The van der Waals surface area contributed by atoms with Crippen LogP contribution in [0.2, 0.25) is 0 Å². The summed E-state index contributed by atoms with van der Waals surface area (Å²) in [5.41, 5.74) is 1.38. The van der Waals surface area contributed by atoms with Gasteiger partial charge in [0.1, 0.15) is 5.75 Å². The highest BCUT2D eigenvalue weighted by Crippen LogP contribution is 2.29. The maximum Gasteiger partial charge on any atom is 0.257 e. The molecule has 3 aromatic rings. The lowest BCUT2D eigenvalue weighted by molar-refractivity contribution is 0.0782. The summed E-state index contributed by atoms with van der Waals surface area (Å²) >= 11 is 0. The van der Waals surface area contributed by atoms with Crippen molar-refractivity contribution in [1.29, 1.82) is 0 Å². The Morgan fingerprint density at radius 1 is 0.955 bits per heavy atom. The molecule has 0 radical (unpaired) electrons. The number of phenols is 1. The molecule has 0 saturated carbocycles. The van der Waals surface area contributed by atoms with Crippen molar-refractivity contribution in [1.82, 2.24) is 4.90 Å². The van der Waals surface area contributed by atoms with Crippen LogP contribution in [0.15, 0.2) is 66.7 Å². The molecule has 3 aromatic carbocycles. The van der Waals surface area contributed by atoms with Crippen LogP contribution >= 0.6 is 0 Å². The number of phenolic OH excluding ortho intramolecular Hbond substituents is 1. The highest BCUT2D eigenvalue weighted by Gasteiger charge is 2.17. The zero-order chi connectivity index (χ0) is 15.5. The van der Waals surface area contributed by atoms with E-state index in [4.69, 9.17) is 0 Å². The minimum Gasteiger partial charge on any atom is -0.506 e. The Morgan fingerprint density at radius 2 is 1.64 bits per heavy atom. The van der Waals surface area contributed by atoms with Crippen LogP contribution in [-0.2, 0) is 6.54 Å². The summed E-state index contributed by atoms with van der Waals surface area (Å²) in [5.74, 6) is -0.143. The fourth-order valence-electron chi connectivity index (χ4n) is 2.56. The van der Waals surface area contributed by atoms with E-state index >= 15 is 0 Å². The van der Waals surface area contributed by atoms with Crippen molar-refractivity contribution in [3.05, 3.63) is 77.9 Å². The smallest absolute Gasteiger partial charge is 0.257 e. The van der Waals surface area contributed by atoms with Gasteiger partial charge in [0.2, 0.25) is 0 Å². The van der Waals surface area contributed by atoms with Crippen molar-refractivity contribution in [3.63, 3.8) is 0 Å². The Bertz CT molecular complexity index is 812. The molecule has 3 nitrogen and oxygen atoms in total. The van der Waals surface area contributed by atoms with Gasteiger partial charge in [-0.3, -0.25) is 4.79 Å². The van der Waals surface area contributed by atoms with E-state index in [9.17, 15) is 9.90 Å². The van der Waals surface area contributed by atoms with Crippen LogP contribution in [0.3, 0.4) is 0 Å². The average molecular weight is 291 g/mol. The Balaban J connectivity index is 1.90. The van der Waals surface area contributed by atoms with Gasteiger partial charge in [-0.25, -0.2) is 0 Å². The first-order chi connectivity index (χ1) is 10.7. The lowest BCUT2D eigenvalue weighted by atomic mass is 10.0. The number of carbonyl (C=O) groups excluding carboxylic acids is 1. The molecule has 0 fully saturated rings. The Labute approximate surface area is 129 Å². The Hall–Kier alpha value is -2.81. The number of carbonyl (C=O) groups is 1. The lowest BCUT2D eigenvalue weighted by Gasteiger charge is -2.18. The van der Waals surface area contributed by atoms with Gasteiger partial charge < -0.3 is 10.0 Å². The van der Waals surface area contributed by atoms with Crippen LogP contribution in [-0.4, -0.2) is 23.0 Å². The number of benzene rings is 3. The number of amides is 1. The monoisotopic (exact) mass is 291 g/mol. The van der Waals surface area contributed by atoms with Gasteiger partial charge in [-0.2, -0.15) is 0 Å². The van der Waals surface area contributed by atoms with Crippen molar-refractivity contribution in [2.45, 2.75) is 6.54 Å². The molecule has 0 saturated heterocycles. The number of hydrogen-bond acceptors (Lipinski definition) is 2. The summed E-state index contributed by atoms with van der Waals surface area (Å²) in [6, 6.07) is 20.8. The van der Waals surface area contributed by atoms with Crippen LogP contribution in [0.1, 0.15) is 15.9 Å². The molecule has 0 aromatic heterocycles. The summed E-state index contributed by atoms with van der Waals surface area (Å²) in [7, 11) is 1.74. The summed E-state index contributed by atoms with van der Waals surface area (Å²) < 4.78 is 0. The van der Waals surface area contributed by atoms with Gasteiger partial charge in [0.05, 0.1) is 5.56 Å². The molecule has 22 heavy (non-hydrogen) atoms. The van der Waals surface area contributed by atoms with E-state index in [0.717, 1.165) is 10.9 Å². The van der Waals surface area contributed by atoms with Crippen molar-refractivity contribution >= 4 is 16.7 Å². The highest BCUT2D eigenvalue weighted by atomic mass is 16.3. The normalized spacial score (nSPS) is 10.6. The molecule has 0 spiro atoms. The second-order valence-electron chi connectivity index (χ2n) is 5.33. The zero-order valence-electron chi connectivity index (χ0n) is 12.4. The van der Waals surface area contributed by atoms with E-state index in [2.05, 4.69) is 0 Å². The van der Waals surface area contributed by atoms with Gasteiger partial charge in [0.15, 0.2) is 0 Å². The molecule has 1 N–H and O–H groups in total. The van der Waals surface area contributed by atoms with Gasteiger partial charge in [-0.15, -0.1) is 0 Å². The molecule has 3 heteroatoms. The van der Waals surface area contributed by atoms with Crippen molar-refractivity contribution < 1.29 is 9.90 Å². The highest BCUT2D eigenvalue weighted by molar-refractivity contribution is 6.03. The fraction of sp³-hybridized carbons (Fsp3) is 0.105. The topological polar surface area (TPSA) is 40.5 Å². The molecule has 0 heterocycles. The van der Waals surface area contributed by atoms with Crippen molar-refractivity contribution in [3.8, 4) is 5.75 Å². The number of aromatic hydroxyl groups is 1. The van der Waals surface area contributed by atoms with Crippen LogP contribution in [0.4, 0.5) is 0 Å². The quantitative estimate of drug-likeness (QED) is 0.797. The van der Waals surface area contributed by atoms with Gasteiger partial charge in [-0.1, -0.05) is 60.7 Å². The van der Waals surface area contributed by atoms with Gasteiger partial charge >= 0.3 is 0 Å². The van der Waals surface area contributed by atoms with E-state index < -0.39 is 0 Å². The first-order valence-electron chi connectivity index (χ1n) is 7.17. The standard InChI is InChI=1S/C19H17NO2/c1-20(13-14-7-3-2-4-8-14)19(22)17-12-11-15-9-5-6-10-16(15)18(17)21/h2-12,21H,13H2,1H3. The molecular weight excluding hydrogens is 274 g/mol. The maximum absolute atomic E-state index is 12.6. The van der Waals surface area contributed by atoms with Crippen molar-refractivity contribution in [2.75, 3.05) is 7.05 Å². The van der Waals surface area contributed by atoms with Crippen molar-refractivity contribution in [2.24, 2.45) is 0 Å². The van der Waals surface area contributed by atoms with E-state index in [1.807, 2.05) is 60.7 Å². The number of fused-ring (bicyclic) bond motifs is 1. The lowest BCUT2D eigenvalue weighted by Crippen LogP contribution is -2.26. The zero-order valence-corrected chi connectivity index (χ0v) is 12.4. The molecule has 0 bridgehead atoms. The third kappa shape index (κ3) is 2.66. The summed E-state index contributed by atoms with van der Waals surface area (Å²) in [5, 5.41) is 12.0. The van der Waals surface area contributed by atoms with Gasteiger partial charge in [0, 0.05) is 19.0 Å². The van der Waals surface area contributed by atoms with Gasteiger partial charge in [-0.05, 0) is 17.0 Å². The van der Waals surface area contributed by atoms with Crippen LogP contribution in [0.25, 0.3) is 10.8 Å². The molecule has 0 aliphatic rings. The van der Waals surface area contributed by atoms with Crippen LogP contribution < -0.4 is 0 Å². The summed E-state index contributed by atoms with van der Waals surface area (Å²) in [4.78, 5) is 14.2. The average Bonchev–Trinajstić information content (AvgIpc) is 2.56. The second kappa shape index (κ2) is 5.90. The molecule has 3 rings (SSSR count). The van der Waals surface area contributed by atoms with E-state index in [0.29, 0.717) is 17.5 Å². The molecule has 1 amide bonds. The van der Waals surface area contributed by atoms with E-state index in [-0.39, 0.29) is 11.7 Å². The third-order valence-corrected chi connectivity index (χ3v) is 3.74. The predicted molar refractivity (Wildman–Crippen MR) is 87.9 cm³/mol. The molecule has 0 aliphatic carbocycles. The third-order valence-electron chi connectivity index (χ3n) is 3.74. The van der Waals surface area contributed by atoms with Gasteiger partial charge in [0.25, 0.3) is 5.91 Å². The molecule has 0 aliphatic heterocycles. The minimum absolute atomic E-state index is 0.0445. The van der Waals surface area contributed by atoms with E-state index in [1.54, 1.807) is 18.0 Å². The largest absolute Gasteiger partial charge is 0.506 e. The fourth-order valence-corrected chi connectivity index (χ4v) is 2.56. The predicted octanol–water partition coefficient (Wildman–Crippen LogP) is 3.82. The Morgan fingerprint density at radius 3 is 2.41 bits per heavy atom. The summed E-state index contributed by atoms with van der Waals surface area (Å²) in [6.45, 7) is 0.506. The molecule has 0 atom stereocenters. The number of rotatable bonds is 3. The van der Waals surface area contributed by atoms with Crippen LogP contribution in [0, 0.1) is 0 Å². The number of hydrogen-bond donors (Lipinski definition) is 1. The molecule has 110 valence electrons. The molecular formula is C19H17NO2. The Kier molecular flexibility index (Phi) is 3.79. The first kappa shape index (κ1) is 14.1. The maximum atomic E-state index is 12.6. The van der Waals surface area contributed by atoms with E-state index in [1.165, 1.54) is 0 Å². The minimum atomic E-state index is -0.188. The summed E-state index contributed by atoms with van der Waals surface area (Å²) in [6.07, 6.45) is 0. The molecule has 0 unspecified atom stereocenters.